The first-order chi connectivity index (χ1) is 11.7. The minimum absolute atomic E-state index is 0.228. The number of rotatable bonds is 7. The number of nitrogens with zero attached hydrogens (tertiary/aromatic N) is 1. The van der Waals surface area contributed by atoms with E-state index in [0.29, 0.717) is 31.0 Å². The van der Waals surface area contributed by atoms with E-state index in [9.17, 15) is 4.79 Å². The average Bonchev–Trinajstić information content (AvgIpc) is 3.32. The molecule has 0 bridgehead atoms. The summed E-state index contributed by atoms with van der Waals surface area (Å²) in [6.45, 7) is 6.24. The number of hydrogen-bond donors (Lipinski definition) is 1. The normalized spacial score (nSPS) is 21.7. The first-order valence-corrected chi connectivity index (χ1v) is 9.25. The van der Waals surface area contributed by atoms with E-state index in [1.54, 1.807) is 7.11 Å². The van der Waals surface area contributed by atoms with Crippen LogP contribution < -0.4 is 5.32 Å². The number of benzene rings is 1. The summed E-state index contributed by atoms with van der Waals surface area (Å²) >= 11 is 0. The predicted octanol–water partition coefficient (Wildman–Crippen LogP) is 2.61. The molecule has 4 heteroatoms. The van der Waals surface area contributed by atoms with E-state index in [2.05, 4.69) is 36.5 Å². The van der Waals surface area contributed by atoms with Crippen molar-refractivity contribution in [2.75, 3.05) is 33.4 Å². The van der Waals surface area contributed by atoms with Crippen LogP contribution in [0.1, 0.15) is 37.3 Å². The highest BCUT2D eigenvalue weighted by atomic mass is 16.5. The molecule has 1 aliphatic carbocycles. The molecular formula is C20H30N2O2. The average molecular weight is 330 g/mol. The highest BCUT2D eigenvalue weighted by Crippen LogP contribution is 2.59. The van der Waals surface area contributed by atoms with Gasteiger partial charge in [0.1, 0.15) is 0 Å². The number of amides is 1. The number of piperidine rings is 1. The molecule has 1 aromatic carbocycles. The van der Waals surface area contributed by atoms with Gasteiger partial charge in [-0.3, -0.25) is 4.79 Å². The van der Waals surface area contributed by atoms with E-state index in [4.69, 9.17) is 4.74 Å². The lowest BCUT2D eigenvalue weighted by molar-refractivity contribution is -0.135. The van der Waals surface area contributed by atoms with Crippen molar-refractivity contribution >= 4 is 5.91 Å². The molecular weight excluding hydrogens is 300 g/mol. The predicted molar refractivity (Wildman–Crippen MR) is 95.8 cm³/mol. The van der Waals surface area contributed by atoms with E-state index in [1.807, 2.05) is 4.90 Å². The first kappa shape index (κ1) is 17.4. The summed E-state index contributed by atoms with van der Waals surface area (Å²) in [5, 5.41) is 3.41. The molecule has 1 atom stereocenters. The van der Waals surface area contributed by atoms with Gasteiger partial charge in [-0.25, -0.2) is 0 Å². The first-order valence-electron chi connectivity index (χ1n) is 9.25. The van der Waals surface area contributed by atoms with Gasteiger partial charge in [0.2, 0.25) is 5.91 Å². The van der Waals surface area contributed by atoms with Crippen molar-refractivity contribution in [2.45, 2.75) is 39.2 Å². The summed E-state index contributed by atoms with van der Waals surface area (Å²) in [7, 11) is 1.70. The Balaban J connectivity index is 1.65. The standard InChI is InChI=1S/C20H30N2O2/c1-3-16-4-6-17(7-5-16)15-22(12-13-24-2)19(23)18-14-20(18)8-10-21-11-9-20/h4-7,18,21H,3,8-15H2,1-2H3/t18-/m0/s1. The van der Waals surface area contributed by atoms with Crippen LogP contribution in [0.2, 0.25) is 0 Å². The molecule has 1 N–H and O–H groups in total. The molecule has 1 aromatic rings. The van der Waals surface area contributed by atoms with Crippen LogP contribution in [0, 0.1) is 11.3 Å². The molecule has 1 aliphatic heterocycles. The smallest absolute Gasteiger partial charge is 0.226 e. The third-order valence-electron chi connectivity index (χ3n) is 5.77. The monoisotopic (exact) mass is 330 g/mol. The Bertz CT molecular complexity index is 549. The van der Waals surface area contributed by atoms with Crippen LogP contribution in [0.15, 0.2) is 24.3 Å². The molecule has 0 radical (unpaired) electrons. The van der Waals surface area contributed by atoms with Crippen molar-refractivity contribution in [1.29, 1.82) is 0 Å². The van der Waals surface area contributed by atoms with E-state index in [-0.39, 0.29) is 5.92 Å². The molecule has 1 saturated heterocycles. The molecule has 132 valence electrons. The van der Waals surface area contributed by atoms with E-state index in [1.165, 1.54) is 11.1 Å². The Morgan fingerprint density at radius 3 is 2.54 bits per heavy atom. The van der Waals surface area contributed by atoms with Crippen molar-refractivity contribution < 1.29 is 9.53 Å². The number of carbonyl (C=O) groups is 1. The minimum Gasteiger partial charge on any atom is -0.383 e. The second kappa shape index (κ2) is 7.66. The Morgan fingerprint density at radius 2 is 1.92 bits per heavy atom. The minimum atomic E-state index is 0.228. The van der Waals surface area contributed by atoms with Gasteiger partial charge in [-0.15, -0.1) is 0 Å². The molecule has 1 saturated carbocycles. The van der Waals surface area contributed by atoms with E-state index >= 15 is 0 Å². The molecule has 24 heavy (non-hydrogen) atoms. The number of hydrogen-bond acceptors (Lipinski definition) is 3. The van der Waals surface area contributed by atoms with Crippen LogP contribution in [0.5, 0.6) is 0 Å². The fourth-order valence-corrected chi connectivity index (χ4v) is 3.96. The Hall–Kier alpha value is -1.39. The van der Waals surface area contributed by atoms with Crippen LogP contribution in [-0.4, -0.2) is 44.2 Å². The zero-order valence-electron chi connectivity index (χ0n) is 15.0. The van der Waals surface area contributed by atoms with Crippen LogP contribution in [-0.2, 0) is 22.5 Å². The lowest BCUT2D eigenvalue weighted by Gasteiger charge is -2.27. The second-order valence-corrected chi connectivity index (χ2v) is 7.29. The number of carbonyl (C=O) groups excluding carboxylic acids is 1. The molecule has 1 amide bonds. The Morgan fingerprint density at radius 1 is 1.25 bits per heavy atom. The topological polar surface area (TPSA) is 41.6 Å². The summed E-state index contributed by atoms with van der Waals surface area (Å²) in [5.41, 5.74) is 2.83. The third-order valence-corrected chi connectivity index (χ3v) is 5.77. The molecule has 2 fully saturated rings. The third kappa shape index (κ3) is 3.81. The maximum Gasteiger partial charge on any atom is 0.226 e. The van der Waals surface area contributed by atoms with Gasteiger partial charge in [-0.2, -0.15) is 0 Å². The number of ether oxygens (including phenoxy) is 1. The fourth-order valence-electron chi connectivity index (χ4n) is 3.96. The van der Waals surface area contributed by atoms with Crippen LogP contribution in [0.3, 0.4) is 0 Å². The molecule has 0 aromatic heterocycles. The van der Waals surface area contributed by atoms with Crippen molar-refractivity contribution in [3.63, 3.8) is 0 Å². The van der Waals surface area contributed by atoms with Gasteiger partial charge in [0.25, 0.3) is 0 Å². The van der Waals surface area contributed by atoms with E-state index < -0.39 is 0 Å². The second-order valence-electron chi connectivity index (χ2n) is 7.29. The van der Waals surface area contributed by atoms with Gasteiger partial charge in [0.15, 0.2) is 0 Å². The molecule has 3 rings (SSSR count). The zero-order chi connectivity index (χ0) is 17.0. The Kier molecular flexibility index (Phi) is 5.57. The molecule has 1 heterocycles. The van der Waals surface area contributed by atoms with Gasteiger partial charge < -0.3 is 15.0 Å². The van der Waals surface area contributed by atoms with Crippen molar-refractivity contribution in [3.8, 4) is 0 Å². The Labute approximate surface area is 145 Å². The summed E-state index contributed by atoms with van der Waals surface area (Å²) in [4.78, 5) is 15.1. The number of methoxy groups -OCH3 is 1. The molecule has 0 unspecified atom stereocenters. The maximum absolute atomic E-state index is 13.1. The lowest BCUT2D eigenvalue weighted by atomic mass is 9.91. The quantitative estimate of drug-likeness (QED) is 0.835. The molecule has 4 nitrogen and oxygen atoms in total. The number of aryl methyl sites for hydroxylation is 1. The van der Waals surface area contributed by atoms with Crippen molar-refractivity contribution in [3.05, 3.63) is 35.4 Å². The van der Waals surface area contributed by atoms with Crippen LogP contribution in [0.25, 0.3) is 0 Å². The number of nitrogens with one attached hydrogen (secondary N) is 1. The fraction of sp³-hybridized carbons (Fsp3) is 0.650. The summed E-state index contributed by atoms with van der Waals surface area (Å²) < 4.78 is 5.23. The molecule has 1 spiro atoms. The largest absolute Gasteiger partial charge is 0.383 e. The van der Waals surface area contributed by atoms with E-state index in [0.717, 1.165) is 38.8 Å². The summed E-state index contributed by atoms with van der Waals surface area (Å²) in [6, 6.07) is 8.64. The highest BCUT2D eigenvalue weighted by molar-refractivity contribution is 5.82. The van der Waals surface area contributed by atoms with Gasteiger partial charge in [-0.05, 0) is 55.3 Å². The summed E-state index contributed by atoms with van der Waals surface area (Å²) in [5.74, 6) is 0.555. The van der Waals surface area contributed by atoms with Crippen LogP contribution in [0.4, 0.5) is 0 Å². The summed E-state index contributed by atoms with van der Waals surface area (Å²) in [6.07, 6.45) is 4.41. The van der Waals surface area contributed by atoms with Gasteiger partial charge in [-0.1, -0.05) is 31.2 Å². The van der Waals surface area contributed by atoms with Gasteiger partial charge >= 0.3 is 0 Å². The SMILES string of the molecule is CCc1ccc(CN(CCOC)C(=O)[C@@H]2CC23CCNCC3)cc1. The van der Waals surface area contributed by atoms with Crippen molar-refractivity contribution in [2.24, 2.45) is 11.3 Å². The van der Waals surface area contributed by atoms with Crippen LogP contribution >= 0.6 is 0 Å². The van der Waals surface area contributed by atoms with Gasteiger partial charge in [0.05, 0.1) is 6.61 Å². The maximum atomic E-state index is 13.1. The van der Waals surface area contributed by atoms with Gasteiger partial charge in [0, 0.05) is 26.1 Å². The van der Waals surface area contributed by atoms with Crippen molar-refractivity contribution in [1.82, 2.24) is 10.2 Å². The molecule has 2 aliphatic rings. The highest BCUT2D eigenvalue weighted by Gasteiger charge is 2.58. The lowest BCUT2D eigenvalue weighted by Crippen LogP contribution is -2.37. The zero-order valence-corrected chi connectivity index (χ0v) is 15.0.